The van der Waals surface area contributed by atoms with Crippen molar-refractivity contribution >= 4 is 27.6 Å². The summed E-state index contributed by atoms with van der Waals surface area (Å²) in [5.41, 5.74) is 4.71. The molecule has 0 saturated carbocycles. The summed E-state index contributed by atoms with van der Waals surface area (Å²) in [6, 6.07) is -0.0915. The molecular weight excluding hydrogens is 400 g/mol. The van der Waals surface area contributed by atoms with Crippen molar-refractivity contribution in [2.45, 2.75) is 118 Å². The fourth-order valence-electron chi connectivity index (χ4n) is 4.47. The number of nitrogens with two attached hydrogens (primary N) is 1. The molecule has 0 aromatic rings. The molecule has 182 valence electrons. The van der Waals surface area contributed by atoms with Crippen LogP contribution in [-0.4, -0.2) is 45.3 Å². The van der Waals surface area contributed by atoms with Gasteiger partial charge in [0.2, 0.25) is 0 Å². The average Bonchev–Trinajstić information content (AvgIpc) is 2.54. The summed E-state index contributed by atoms with van der Waals surface area (Å²) in [6.07, 6.45) is 1.79. The zero-order chi connectivity index (χ0) is 25.4. The van der Waals surface area contributed by atoms with E-state index in [1.54, 1.807) is 13.8 Å². The number of rotatable bonds is 13. The maximum Gasteiger partial charge on any atom is 0.308 e. The zero-order valence-corrected chi connectivity index (χ0v) is 22.2. The lowest BCUT2D eigenvalue weighted by Crippen LogP contribution is -2.39. The third-order valence-corrected chi connectivity index (χ3v) is 5.45. The molecule has 0 bridgehead atoms. The van der Waals surface area contributed by atoms with Crippen molar-refractivity contribution in [1.82, 2.24) is 0 Å². The van der Waals surface area contributed by atoms with Crippen molar-refractivity contribution in [1.29, 1.82) is 0 Å². The average molecular weight is 447 g/mol. The lowest BCUT2D eigenvalue weighted by atomic mass is 9.70. The highest BCUT2D eigenvalue weighted by Gasteiger charge is 2.34. The molecule has 0 aliphatic heterocycles. The predicted molar refractivity (Wildman–Crippen MR) is 134 cm³/mol. The van der Waals surface area contributed by atoms with Crippen LogP contribution in [0.3, 0.4) is 0 Å². The van der Waals surface area contributed by atoms with Gasteiger partial charge in [0.1, 0.15) is 7.85 Å². The van der Waals surface area contributed by atoms with Crippen LogP contribution >= 0.6 is 0 Å². The predicted octanol–water partition coefficient (Wildman–Crippen LogP) is 4.80. The first-order valence-corrected chi connectivity index (χ1v) is 12.1. The minimum absolute atomic E-state index is 0.0559. The number of hydrogen-bond donors (Lipinski definition) is 1. The molecule has 4 radical (unpaired) electrons. The van der Waals surface area contributed by atoms with Gasteiger partial charge in [0.25, 0.3) is 0 Å². The van der Waals surface area contributed by atoms with Crippen molar-refractivity contribution in [2.24, 2.45) is 34.8 Å². The number of carbonyl (C=O) groups is 2. The van der Waals surface area contributed by atoms with Crippen LogP contribution in [0.4, 0.5) is 0 Å². The summed E-state index contributed by atoms with van der Waals surface area (Å²) in [4.78, 5) is 25.4. The van der Waals surface area contributed by atoms with Gasteiger partial charge in [-0.1, -0.05) is 55.4 Å². The van der Waals surface area contributed by atoms with Gasteiger partial charge in [-0.2, -0.15) is 0 Å². The molecule has 0 rings (SSSR count). The SMILES string of the molecule is [B]C(CC(C)C(=O)OC([B])(C)CC(C)(C)C)C(OC(=O)C(C)CC(C)N)C(C)CC(C)C. The van der Waals surface area contributed by atoms with E-state index in [1.165, 1.54) is 0 Å². The third kappa shape index (κ3) is 12.9. The van der Waals surface area contributed by atoms with Crippen LogP contribution in [0, 0.1) is 29.1 Å². The third-order valence-electron chi connectivity index (χ3n) is 5.45. The molecule has 32 heavy (non-hydrogen) atoms. The molecule has 7 heteroatoms. The lowest BCUT2D eigenvalue weighted by molar-refractivity contribution is -0.159. The van der Waals surface area contributed by atoms with Crippen molar-refractivity contribution < 1.29 is 19.1 Å². The molecule has 0 amide bonds. The van der Waals surface area contributed by atoms with Crippen LogP contribution in [0.2, 0.25) is 5.82 Å². The van der Waals surface area contributed by atoms with E-state index < -0.39 is 23.3 Å². The number of ether oxygens (including phenoxy) is 2. The lowest BCUT2D eigenvalue weighted by Gasteiger charge is -2.35. The highest BCUT2D eigenvalue weighted by Crippen LogP contribution is 2.33. The largest absolute Gasteiger partial charge is 0.470 e. The van der Waals surface area contributed by atoms with Crippen LogP contribution in [0.15, 0.2) is 0 Å². The molecule has 0 aliphatic carbocycles. The Balaban J connectivity index is 5.27. The minimum Gasteiger partial charge on any atom is -0.470 e. The topological polar surface area (TPSA) is 78.6 Å². The van der Waals surface area contributed by atoms with Crippen molar-refractivity contribution in [3.8, 4) is 0 Å². The molecule has 0 saturated heterocycles. The normalized spacial score (nSPS) is 19.9. The molecule has 0 aromatic carbocycles. The van der Waals surface area contributed by atoms with Crippen molar-refractivity contribution in [3.05, 3.63) is 0 Å². The Morgan fingerprint density at radius 1 is 0.875 bits per heavy atom. The molecule has 0 spiro atoms. The Hall–Kier alpha value is -0.970. The maximum atomic E-state index is 12.7. The van der Waals surface area contributed by atoms with E-state index in [-0.39, 0.29) is 35.2 Å². The minimum atomic E-state index is -1.06. The van der Waals surface area contributed by atoms with Gasteiger partial charge < -0.3 is 15.2 Å². The van der Waals surface area contributed by atoms with E-state index in [9.17, 15) is 9.59 Å². The Morgan fingerprint density at radius 3 is 1.81 bits per heavy atom. The summed E-state index contributed by atoms with van der Waals surface area (Å²) in [7, 11) is 12.7. The fraction of sp³-hybridized carbons (Fsp3) is 0.920. The number of carbonyl (C=O) groups excluding carboxylic acids is 2. The molecule has 0 heterocycles. The van der Waals surface area contributed by atoms with Crippen LogP contribution in [0.1, 0.15) is 94.9 Å². The van der Waals surface area contributed by atoms with Crippen molar-refractivity contribution in [3.63, 3.8) is 0 Å². The van der Waals surface area contributed by atoms with Crippen LogP contribution in [0.5, 0.6) is 0 Å². The summed E-state index contributed by atoms with van der Waals surface area (Å²) < 4.78 is 11.5. The maximum absolute atomic E-state index is 12.7. The van der Waals surface area contributed by atoms with Gasteiger partial charge in [-0.05, 0) is 62.6 Å². The van der Waals surface area contributed by atoms with Gasteiger partial charge in [0.15, 0.2) is 0 Å². The van der Waals surface area contributed by atoms with E-state index in [0.29, 0.717) is 25.2 Å². The quantitative estimate of drug-likeness (QED) is 0.324. The Bertz CT molecular complexity index is 587. The second-order valence-electron chi connectivity index (χ2n) is 11.9. The Morgan fingerprint density at radius 2 is 1.38 bits per heavy atom. The molecule has 7 unspecified atom stereocenters. The number of esters is 2. The highest BCUT2D eigenvalue weighted by atomic mass is 16.6. The van der Waals surface area contributed by atoms with E-state index in [4.69, 9.17) is 30.9 Å². The molecular formula is C25H47B2NO4. The van der Waals surface area contributed by atoms with Crippen LogP contribution in [0.25, 0.3) is 0 Å². The second-order valence-corrected chi connectivity index (χ2v) is 11.9. The molecule has 7 atom stereocenters. The first-order chi connectivity index (χ1) is 14.3. The van der Waals surface area contributed by atoms with Gasteiger partial charge in [0, 0.05) is 6.04 Å². The molecule has 0 aromatic heterocycles. The first kappa shape index (κ1) is 31.0. The van der Waals surface area contributed by atoms with Gasteiger partial charge >= 0.3 is 11.9 Å². The highest BCUT2D eigenvalue weighted by molar-refractivity contribution is 6.15. The van der Waals surface area contributed by atoms with Gasteiger partial charge in [-0.15, -0.1) is 0 Å². The smallest absolute Gasteiger partial charge is 0.308 e. The van der Waals surface area contributed by atoms with Crippen LogP contribution < -0.4 is 5.73 Å². The Kier molecular flexibility index (Phi) is 12.7. The van der Waals surface area contributed by atoms with E-state index in [1.807, 2.05) is 41.5 Å². The van der Waals surface area contributed by atoms with Crippen molar-refractivity contribution in [2.75, 3.05) is 0 Å². The molecule has 5 nitrogen and oxygen atoms in total. The van der Waals surface area contributed by atoms with Gasteiger partial charge in [-0.3, -0.25) is 9.59 Å². The van der Waals surface area contributed by atoms with Gasteiger partial charge in [0.05, 0.1) is 31.3 Å². The second kappa shape index (κ2) is 13.1. The standard InChI is InChI=1S/C25H47B2NO4/c1-15(2)11-16(3)21(31-22(29)17(4)12-19(6)28)20(26)13-18(5)23(30)32-25(10,27)14-24(7,8)9/h15-21H,11-14,28H2,1-10H3. The van der Waals surface area contributed by atoms with E-state index in [2.05, 4.69) is 13.8 Å². The summed E-state index contributed by atoms with van der Waals surface area (Å²) >= 11 is 0. The number of hydrogen-bond acceptors (Lipinski definition) is 5. The molecule has 0 aliphatic rings. The van der Waals surface area contributed by atoms with Gasteiger partial charge in [-0.25, -0.2) is 0 Å². The zero-order valence-electron chi connectivity index (χ0n) is 22.2. The molecule has 0 fully saturated rings. The summed E-state index contributed by atoms with van der Waals surface area (Å²) in [6.45, 7) is 19.6. The van der Waals surface area contributed by atoms with E-state index >= 15 is 0 Å². The Labute approximate surface area is 200 Å². The monoisotopic (exact) mass is 447 g/mol. The van der Waals surface area contributed by atoms with E-state index in [0.717, 1.165) is 6.42 Å². The van der Waals surface area contributed by atoms with Crippen LogP contribution in [-0.2, 0) is 19.1 Å². The summed E-state index contributed by atoms with van der Waals surface area (Å²) in [5.74, 6) is -1.48. The first-order valence-electron chi connectivity index (χ1n) is 12.1. The fourth-order valence-corrected chi connectivity index (χ4v) is 4.47. The molecule has 2 N–H and O–H groups in total. The summed E-state index contributed by atoms with van der Waals surface area (Å²) in [5, 5.41) is 0.